The molecular weight excluding hydrogens is 332 g/mol. The van der Waals surface area contributed by atoms with Gasteiger partial charge < -0.3 is 14.7 Å². The Bertz CT molecular complexity index is 668. The van der Waals surface area contributed by atoms with Crippen molar-refractivity contribution < 1.29 is 13.2 Å². The molecule has 0 aromatic carbocycles. The molecule has 0 spiro atoms. The first-order valence-corrected chi connectivity index (χ1v) is 9.48. The van der Waals surface area contributed by atoms with Crippen LogP contribution in [-0.2, 0) is 14.8 Å². The lowest BCUT2D eigenvalue weighted by Gasteiger charge is -2.35. The second kappa shape index (κ2) is 7.31. The summed E-state index contributed by atoms with van der Waals surface area (Å²) in [6.45, 7) is 2.23. The first-order valence-electron chi connectivity index (χ1n) is 7.63. The maximum absolute atomic E-state index is 12.2. The molecule has 0 radical (unpaired) electrons. The Morgan fingerprint density at radius 1 is 1.12 bits per heavy atom. The SMILES string of the molecule is CN(C)c1ccc(N2CCN(C(=O)CN(C)S(C)(=O)=O)CC2)nn1. The van der Waals surface area contributed by atoms with Gasteiger partial charge in [0.25, 0.3) is 0 Å². The lowest BCUT2D eigenvalue weighted by Crippen LogP contribution is -2.51. The predicted molar refractivity (Wildman–Crippen MR) is 92.6 cm³/mol. The summed E-state index contributed by atoms with van der Waals surface area (Å²) < 4.78 is 23.8. The van der Waals surface area contributed by atoms with E-state index < -0.39 is 10.0 Å². The van der Waals surface area contributed by atoms with Gasteiger partial charge in [-0.3, -0.25) is 4.79 Å². The zero-order valence-electron chi connectivity index (χ0n) is 14.5. The first kappa shape index (κ1) is 18.4. The number of carbonyl (C=O) groups is 1. The van der Waals surface area contributed by atoms with Gasteiger partial charge in [-0.2, -0.15) is 4.31 Å². The first-order chi connectivity index (χ1) is 11.2. The highest BCUT2D eigenvalue weighted by Crippen LogP contribution is 2.15. The molecule has 1 saturated heterocycles. The number of likely N-dealkylation sites (N-methyl/N-ethyl adjacent to an activating group) is 1. The van der Waals surface area contributed by atoms with Crippen LogP contribution in [0.1, 0.15) is 0 Å². The van der Waals surface area contributed by atoms with Crippen molar-refractivity contribution in [3.05, 3.63) is 12.1 Å². The second-order valence-corrected chi connectivity index (χ2v) is 8.12. The number of amides is 1. The van der Waals surface area contributed by atoms with Crippen LogP contribution in [0.25, 0.3) is 0 Å². The summed E-state index contributed by atoms with van der Waals surface area (Å²) in [6, 6.07) is 3.82. The van der Waals surface area contributed by atoms with E-state index in [-0.39, 0.29) is 12.5 Å². The molecule has 0 bridgehead atoms. The van der Waals surface area contributed by atoms with Crippen LogP contribution in [-0.4, -0.2) is 93.9 Å². The smallest absolute Gasteiger partial charge is 0.238 e. The predicted octanol–water partition coefficient (Wildman–Crippen LogP) is -0.917. The Morgan fingerprint density at radius 2 is 1.75 bits per heavy atom. The van der Waals surface area contributed by atoms with Crippen molar-refractivity contribution in [2.24, 2.45) is 0 Å². The van der Waals surface area contributed by atoms with Gasteiger partial charge in [-0.25, -0.2) is 8.42 Å². The molecule has 1 aromatic heterocycles. The summed E-state index contributed by atoms with van der Waals surface area (Å²) >= 11 is 0. The molecule has 1 amide bonds. The summed E-state index contributed by atoms with van der Waals surface area (Å²) in [6.07, 6.45) is 1.09. The zero-order valence-corrected chi connectivity index (χ0v) is 15.3. The number of aromatic nitrogens is 2. The fourth-order valence-corrected chi connectivity index (χ4v) is 2.66. The van der Waals surface area contributed by atoms with Gasteiger partial charge in [-0.15, -0.1) is 10.2 Å². The normalized spacial score (nSPS) is 15.7. The Kier molecular flexibility index (Phi) is 5.60. The standard InChI is InChI=1S/C14H24N6O3S/c1-17(2)12-5-6-13(16-15-12)19-7-9-20(10-8-19)14(21)11-18(3)24(4,22)23/h5-6H,7-11H2,1-4H3. The van der Waals surface area contributed by atoms with E-state index in [2.05, 4.69) is 15.1 Å². The number of sulfonamides is 1. The maximum atomic E-state index is 12.2. The summed E-state index contributed by atoms with van der Waals surface area (Å²) in [5, 5.41) is 8.37. The number of nitrogens with zero attached hydrogens (tertiary/aromatic N) is 6. The topological polar surface area (TPSA) is 90.0 Å². The summed E-state index contributed by atoms with van der Waals surface area (Å²) in [5.74, 6) is 1.38. The molecule has 1 aromatic rings. The average molecular weight is 356 g/mol. The third-order valence-corrected chi connectivity index (χ3v) is 5.24. The number of hydrogen-bond acceptors (Lipinski definition) is 7. The quantitative estimate of drug-likeness (QED) is 0.674. The molecule has 0 atom stereocenters. The monoisotopic (exact) mass is 356 g/mol. The second-order valence-electron chi connectivity index (χ2n) is 6.03. The number of hydrogen-bond donors (Lipinski definition) is 0. The third-order valence-electron chi connectivity index (χ3n) is 3.98. The average Bonchev–Trinajstić information content (AvgIpc) is 2.54. The van der Waals surface area contributed by atoms with Crippen LogP contribution in [0.15, 0.2) is 12.1 Å². The van der Waals surface area contributed by atoms with Crippen molar-refractivity contribution in [3.8, 4) is 0 Å². The molecule has 1 fully saturated rings. The molecule has 2 heterocycles. The minimum atomic E-state index is -3.35. The molecule has 24 heavy (non-hydrogen) atoms. The minimum absolute atomic E-state index is 0.129. The molecule has 0 saturated carbocycles. The molecule has 10 heteroatoms. The molecule has 9 nitrogen and oxygen atoms in total. The summed E-state index contributed by atoms with van der Waals surface area (Å²) in [7, 11) is 1.87. The lowest BCUT2D eigenvalue weighted by molar-refractivity contribution is -0.131. The van der Waals surface area contributed by atoms with Crippen molar-refractivity contribution in [1.82, 2.24) is 19.4 Å². The van der Waals surface area contributed by atoms with E-state index in [4.69, 9.17) is 0 Å². The van der Waals surface area contributed by atoms with Gasteiger partial charge in [0.1, 0.15) is 0 Å². The third kappa shape index (κ3) is 4.54. The highest BCUT2D eigenvalue weighted by atomic mass is 32.2. The molecule has 1 aliphatic rings. The summed E-state index contributed by atoms with van der Waals surface area (Å²) in [4.78, 5) is 17.8. The van der Waals surface area contributed by atoms with Crippen molar-refractivity contribution in [1.29, 1.82) is 0 Å². The van der Waals surface area contributed by atoms with Crippen LogP contribution in [0, 0.1) is 0 Å². The van der Waals surface area contributed by atoms with Crippen LogP contribution in [0.4, 0.5) is 11.6 Å². The van der Waals surface area contributed by atoms with Crippen molar-refractivity contribution in [2.45, 2.75) is 0 Å². The van der Waals surface area contributed by atoms with Crippen molar-refractivity contribution >= 4 is 27.6 Å². The molecule has 0 N–H and O–H groups in total. The highest BCUT2D eigenvalue weighted by Gasteiger charge is 2.24. The van der Waals surface area contributed by atoms with E-state index in [9.17, 15) is 13.2 Å². The van der Waals surface area contributed by atoms with Crippen LogP contribution in [0.5, 0.6) is 0 Å². The van der Waals surface area contributed by atoms with E-state index in [1.165, 1.54) is 7.05 Å². The number of rotatable bonds is 5. The van der Waals surface area contributed by atoms with Gasteiger partial charge in [0.2, 0.25) is 15.9 Å². The molecule has 1 aliphatic heterocycles. The van der Waals surface area contributed by atoms with Crippen LogP contribution in [0.3, 0.4) is 0 Å². The van der Waals surface area contributed by atoms with Gasteiger partial charge in [-0.05, 0) is 12.1 Å². The highest BCUT2D eigenvalue weighted by molar-refractivity contribution is 7.88. The number of carbonyl (C=O) groups excluding carboxylic acids is 1. The molecule has 2 rings (SSSR count). The fraction of sp³-hybridized carbons (Fsp3) is 0.643. The summed E-state index contributed by atoms with van der Waals surface area (Å²) in [5.41, 5.74) is 0. The van der Waals surface area contributed by atoms with E-state index in [0.717, 1.165) is 22.2 Å². The van der Waals surface area contributed by atoms with Gasteiger partial charge in [0.15, 0.2) is 11.6 Å². The van der Waals surface area contributed by atoms with Crippen LogP contribution < -0.4 is 9.80 Å². The van der Waals surface area contributed by atoms with E-state index in [1.54, 1.807) is 4.90 Å². The minimum Gasteiger partial charge on any atom is -0.361 e. The number of piperazine rings is 1. The largest absolute Gasteiger partial charge is 0.361 e. The Balaban J connectivity index is 1.90. The van der Waals surface area contributed by atoms with Gasteiger partial charge in [-0.1, -0.05) is 0 Å². The van der Waals surface area contributed by atoms with Crippen molar-refractivity contribution in [2.75, 3.05) is 69.9 Å². The molecular formula is C14H24N6O3S. The molecule has 134 valence electrons. The van der Waals surface area contributed by atoms with E-state index in [0.29, 0.717) is 26.2 Å². The number of anilines is 2. The van der Waals surface area contributed by atoms with Gasteiger partial charge >= 0.3 is 0 Å². The van der Waals surface area contributed by atoms with Crippen LogP contribution in [0.2, 0.25) is 0 Å². The van der Waals surface area contributed by atoms with E-state index >= 15 is 0 Å². The lowest BCUT2D eigenvalue weighted by atomic mass is 10.3. The Labute approximate surface area is 142 Å². The van der Waals surface area contributed by atoms with Gasteiger partial charge in [0, 0.05) is 47.3 Å². The molecule has 0 aliphatic carbocycles. The Hall–Kier alpha value is -1.94. The van der Waals surface area contributed by atoms with Gasteiger partial charge in [0.05, 0.1) is 12.8 Å². The van der Waals surface area contributed by atoms with Crippen LogP contribution >= 0.6 is 0 Å². The Morgan fingerprint density at radius 3 is 2.21 bits per heavy atom. The van der Waals surface area contributed by atoms with Crippen molar-refractivity contribution in [3.63, 3.8) is 0 Å². The molecule has 0 unspecified atom stereocenters. The maximum Gasteiger partial charge on any atom is 0.238 e. The zero-order chi connectivity index (χ0) is 17.9. The van der Waals surface area contributed by atoms with E-state index in [1.807, 2.05) is 31.1 Å². The fourth-order valence-electron chi connectivity index (χ4n) is 2.32.